The predicted molar refractivity (Wildman–Crippen MR) is 93.5 cm³/mol. The minimum Gasteiger partial charge on any atom is -0.398 e. The van der Waals surface area contributed by atoms with Gasteiger partial charge in [0.1, 0.15) is 4.90 Å². The van der Waals surface area contributed by atoms with E-state index >= 15 is 0 Å². The Morgan fingerprint density at radius 2 is 1.39 bits per heavy atom. The smallest absolute Gasteiger partial charge is 0.263 e. The lowest BCUT2D eigenvalue weighted by Gasteiger charge is -2.11. The highest BCUT2D eigenvalue weighted by Gasteiger charge is 2.17. The van der Waals surface area contributed by atoms with Gasteiger partial charge in [0, 0.05) is 5.69 Å². The van der Waals surface area contributed by atoms with Crippen molar-refractivity contribution in [3.8, 4) is 11.1 Å². The van der Waals surface area contributed by atoms with Gasteiger partial charge in [0.05, 0.1) is 5.69 Å². The molecule has 0 aliphatic heterocycles. The molecular formula is C18H16N2O2S. The van der Waals surface area contributed by atoms with Crippen molar-refractivity contribution in [1.82, 2.24) is 0 Å². The standard InChI is InChI=1S/C18H16N2O2S/c19-17-11-4-5-12-18(17)23(21,22)20-16-10-6-9-15(13-16)14-7-2-1-3-8-14/h1-13,20H,19H2. The van der Waals surface area contributed by atoms with Crippen LogP contribution in [0.4, 0.5) is 11.4 Å². The first-order valence-electron chi connectivity index (χ1n) is 7.09. The third kappa shape index (κ3) is 3.35. The van der Waals surface area contributed by atoms with E-state index in [4.69, 9.17) is 5.73 Å². The Kier molecular flexibility index (Phi) is 4.04. The maximum atomic E-state index is 12.5. The van der Waals surface area contributed by atoms with Crippen LogP contribution in [0, 0.1) is 0 Å². The molecule has 0 radical (unpaired) electrons. The molecule has 0 aromatic heterocycles. The molecule has 0 spiro atoms. The number of benzene rings is 3. The van der Waals surface area contributed by atoms with E-state index in [1.807, 2.05) is 42.5 Å². The number of nitrogen functional groups attached to an aromatic ring is 1. The molecule has 3 aromatic carbocycles. The van der Waals surface area contributed by atoms with Crippen molar-refractivity contribution in [2.45, 2.75) is 4.90 Å². The normalized spacial score (nSPS) is 11.1. The van der Waals surface area contributed by atoms with Gasteiger partial charge in [-0.05, 0) is 35.4 Å². The zero-order valence-corrected chi connectivity index (χ0v) is 13.1. The van der Waals surface area contributed by atoms with Gasteiger partial charge in [-0.25, -0.2) is 8.42 Å². The number of anilines is 2. The number of nitrogens with two attached hydrogens (primary N) is 1. The van der Waals surface area contributed by atoms with E-state index in [0.29, 0.717) is 5.69 Å². The van der Waals surface area contributed by atoms with E-state index in [1.54, 1.807) is 30.3 Å². The number of para-hydroxylation sites is 1. The van der Waals surface area contributed by atoms with Crippen LogP contribution in [0.25, 0.3) is 11.1 Å². The van der Waals surface area contributed by atoms with E-state index in [0.717, 1.165) is 11.1 Å². The molecule has 0 heterocycles. The minimum atomic E-state index is -3.72. The van der Waals surface area contributed by atoms with Crippen LogP contribution in [0.15, 0.2) is 83.8 Å². The number of rotatable bonds is 4. The summed E-state index contributed by atoms with van der Waals surface area (Å²) in [6.45, 7) is 0. The van der Waals surface area contributed by atoms with Gasteiger partial charge in [0.15, 0.2) is 0 Å². The Hall–Kier alpha value is -2.79. The number of hydrogen-bond donors (Lipinski definition) is 2. The summed E-state index contributed by atoms with van der Waals surface area (Å²) in [5.74, 6) is 0. The largest absolute Gasteiger partial charge is 0.398 e. The first-order valence-corrected chi connectivity index (χ1v) is 8.57. The van der Waals surface area contributed by atoms with Crippen LogP contribution < -0.4 is 10.5 Å². The average molecular weight is 324 g/mol. The zero-order valence-electron chi connectivity index (χ0n) is 12.3. The molecule has 0 bridgehead atoms. The van der Waals surface area contributed by atoms with Crippen molar-refractivity contribution in [3.63, 3.8) is 0 Å². The molecule has 3 N–H and O–H groups in total. The zero-order chi connectivity index (χ0) is 16.3. The molecule has 5 heteroatoms. The maximum absolute atomic E-state index is 12.5. The fourth-order valence-corrected chi connectivity index (χ4v) is 3.51. The van der Waals surface area contributed by atoms with Crippen LogP contribution in [0.5, 0.6) is 0 Å². The van der Waals surface area contributed by atoms with Crippen molar-refractivity contribution in [1.29, 1.82) is 0 Å². The Morgan fingerprint density at radius 3 is 2.13 bits per heavy atom. The highest BCUT2D eigenvalue weighted by atomic mass is 32.2. The fraction of sp³-hybridized carbons (Fsp3) is 0. The van der Waals surface area contributed by atoms with E-state index in [1.165, 1.54) is 6.07 Å². The van der Waals surface area contributed by atoms with Crippen LogP contribution in [0.2, 0.25) is 0 Å². The van der Waals surface area contributed by atoms with Gasteiger partial charge in [-0.2, -0.15) is 0 Å². The van der Waals surface area contributed by atoms with Gasteiger partial charge in [0.2, 0.25) is 0 Å². The molecular weight excluding hydrogens is 308 g/mol. The lowest BCUT2D eigenvalue weighted by Crippen LogP contribution is -2.14. The topological polar surface area (TPSA) is 72.2 Å². The molecule has 116 valence electrons. The molecule has 4 nitrogen and oxygen atoms in total. The SMILES string of the molecule is Nc1ccccc1S(=O)(=O)Nc1cccc(-c2ccccc2)c1. The van der Waals surface area contributed by atoms with E-state index < -0.39 is 10.0 Å². The minimum absolute atomic E-state index is 0.0742. The Labute approximate surface area is 135 Å². The summed E-state index contributed by atoms with van der Waals surface area (Å²) in [4.78, 5) is 0.0742. The van der Waals surface area contributed by atoms with Crippen LogP contribution in [0.1, 0.15) is 0 Å². The summed E-state index contributed by atoms with van der Waals surface area (Å²) >= 11 is 0. The van der Waals surface area contributed by atoms with E-state index in [2.05, 4.69) is 4.72 Å². The molecule has 23 heavy (non-hydrogen) atoms. The molecule has 0 saturated heterocycles. The van der Waals surface area contributed by atoms with Crippen LogP contribution in [-0.4, -0.2) is 8.42 Å². The number of nitrogens with one attached hydrogen (secondary N) is 1. The Morgan fingerprint density at radius 1 is 0.739 bits per heavy atom. The summed E-state index contributed by atoms with van der Waals surface area (Å²) in [5.41, 5.74) is 8.44. The molecule has 0 amide bonds. The second-order valence-electron chi connectivity index (χ2n) is 5.09. The van der Waals surface area contributed by atoms with Crippen molar-refractivity contribution >= 4 is 21.4 Å². The monoisotopic (exact) mass is 324 g/mol. The number of sulfonamides is 1. The summed E-state index contributed by atoms with van der Waals surface area (Å²) in [6, 6.07) is 23.4. The van der Waals surface area contributed by atoms with E-state index in [9.17, 15) is 8.42 Å². The maximum Gasteiger partial charge on any atom is 0.263 e. The first-order chi connectivity index (χ1) is 11.1. The fourth-order valence-electron chi connectivity index (χ4n) is 2.33. The summed E-state index contributed by atoms with van der Waals surface area (Å²) in [7, 11) is -3.72. The van der Waals surface area contributed by atoms with Gasteiger partial charge in [0.25, 0.3) is 10.0 Å². The highest BCUT2D eigenvalue weighted by Crippen LogP contribution is 2.25. The molecule has 0 aliphatic carbocycles. The summed E-state index contributed by atoms with van der Waals surface area (Å²) < 4.78 is 27.5. The molecule has 0 atom stereocenters. The molecule has 0 fully saturated rings. The molecule has 0 saturated carbocycles. The van der Waals surface area contributed by atoms with Gasteiger partial charge < -0.3 is 5.73 Å². The first kappa shape index (κ1) is 15.1. The van der Waals surface area contributed by atoms with Gasteiger partial charge in [-0.15, -0.1) is 0 Å². The quantitative estimate of drug-likeness (QED) is 0.718. The lowest BCUT2D eigenvalue weighted by atomic mass is 10.1. The Balaban J connectivity index is 1.93. The number of hydrogen-bond acceptors (Lipinski definition) is 3. The van der Waals surface area contributed by atoms with Crippen molar-refractivity contribution in [2.24, 2.45) is 0 Å². The molecule has 3 aromatic rings. The third-order valence-corrected chi connectivity index (χ3v) is 4.89. The van der Waals surface area contributed by atoms with Crippen molar-refractivity contribution in [3.05, 3.63) is 78.9 Å². The second kappa shape index (κ2) is 6.14. The van der Waals surface area contributed by atoms with Gasteiger partial charge in [-0.1, -0.05) is 54.6 Å². The Bertz CT molecular complexity index is 923. The van der Waals surface area contributed by atoms with Gasteiger partial charge >= 0.3 is 0 Å². The molecule has 3 rings (SSSR count). The van der Waals surface area contributed by atoms with Crippen molar-refractivity contribution < 1.29 is 8.42 Å². The van der Waals surface area contributed by atoms with E-state index in [-0.39, 0.29) is 10.6 Å². The van der Waals surface area contributed by atoms with Crippen LogP contribution in [-0.2, 0) is 10.0 Å². The highest BCUT2D eigenvalue weighted by molar-refractivity contribution is 7.92. The molecule has 0 aliphatic rings. The average Bonchev–Trinajstić information content (AvgIpc) is 2.56. The predicted octanol–water partition coefficient (Wildman–Crippen LogP) is 3.74. The second-order valence-corrected chi connectivity index (χ2v) is 6.74. The third-order valence-electron chi connectivity index (χ3n) is 3.43. The van der Waals surface area contributed by atoms with Crippen LogP contribution in [0.3, 0.4) is 0 Å². The van der Waals surface area contributed by atoms with Crippen molar-refractivity contribution in [2.75, 3.05) is 10.5 Å². The summed E-state index contributed by atoms with van der Waals surface area (Å²) in [5, 5.41) is 0. The molecule has 0 unspecified atom stereocenters. The summed E-state index contributed by atoms with van der Waals surface area (Å²) in [6.07, 6.45) is 0. The van der Waals surface area contributed by atoms with Gasteiger partial charge in [-0.3, -0.25) is 4.72 Å². The lowest BCUT2D eigenvalue weighted by molar-refractivity contribution is 0.601. The van der Waals surface area contributed by atoms with Crippen LogP contribution >= 0.6 is 0 Å².